The topological polar surface area (TPSA) is 99.5 Å². The normalized spacial score (nSPS) is 10.7. The summed E-state index contributed by atoms with van der Waals surface area (Å²) in [6, 6.07) is 0. The van der Waals surface area contributed by atoms with Crippen LogP contribution in [-0.2, 0) is 14.3 Å². The van der Waals surface area contributed by atoms with E-state index in [1.54, 1.807) is 20.8 Å². The van der Waals surface area contributed by atoms with Gasteiger partial charge in [0.2, 0.25) is 0 Å². The zero-order valence-corrected chi connectivity index (χ0v) is 10.9. The fourth-order valence-electron chi connectivity index (χ4n) is 1.01. The number of nitrogens with one attached hydrogen (secondary N) is 1. The van der Waals surface area contributed by atoms with Crippen LogP contribution in [0.25, 0.3) is 0 Å². The summed E-state index contributed by atoms with van der Waals surface area (Å²) >= 11 is 0. The van der Waals surface area contributed by atoms with E-state index in [0.29, 0.717) is 0 Å². The van der Waals surface area contributed by atoms with Gasteiger partial charge >= 0.3 is 18.2 Å². The molecule has 0 radical (unpaired) electrons. The van der Waals surface area contributed by atoms with Crippen molar-refractivity contribution in [2.75, 3.05) is 6.54 Å². The molecule has 0 spiro atoms. The van der Waals surface area contributed by atoms with E-state index in [4.69, 9.17) is 4.74 Å². The number of aromatic nitrogens is 2. The molecule has 0 fully saturated rings. The van der Waals surface area contributed by atoms with Crippen LogP contribution in [0.1, 0.15) is 20.8 Å². The second-order valence-corrected chi connectivity index (χ2v) is 4.57. The molecule has 1 aromatic heterocycles. The standard InChI is InChI=1S/C11H15N3O5/c1-11(2,3)19-9(16)13-6-8(15)18-10(17)14-5-4-12-7-14/h4-5,7H,6H2,1-3H3,(H,13,16). The third kappa shape index (κ3) is 5.66. The molecule has 1 N–H and O–H groups in total. The number of alkyl carbamates (subject to hydrolysis) is 1. The Morgan fingerprint density at radius 3 is 2.53 bits per heavy atom. The Bertz CT molecular complexity index is 461. The van der Waals surface area contributed by atoms with Crippen molar-refractivity contribution in [1.29, 1.82) is 0 Å². The van der Waals surface area contributed by atoms with Crippen LogP contribution in [-0.4, -0.2) is 39.9 Å². The lowest BCUT2D eigenvalue weighted by atomic mass is 10.2. The maximum atomic E-state index is 11.3. The molecule has 0 aliphatic heterocycles. The molecular weight excluding hydrogens is 254 g/mol. The van der Waals surface area contributed by atoms with Gasteiger partial charge in [0.05, 0.1) is 0 Å². The van der Waals surface area contributed by atoms with Gasteiger partial charge in [0.1, 0.15) is 18.5 Å². The van der Waals surface area contributed by atoms with E-state index in [0.717, 1.165) is 4.57 Å². The smallest absolute Gasteiger partial charge is 0.427 e. The summed E-state index contributed by atoms with van der Waals surface area (Å²) in [6.07, 6.45) is 2.23. The number of hydrogen-bond acceptors (Lipinski definition) is 6. The first-order valence-electron chi connectivity index (χ1n) is 5.48. The predicted octanol–water partition coefficient (Wildman–Crippen LogP) is 0.919. The summed E-state index contributed by atoms with van der Waals surface area (Å²) in [6.45, 7) is 4.60. The van der Waals surface area contributed by atoms with Crippen molar-refractivity contribution in [1.82, 2.24) is 14.9 Å². The zero-order valence-electron chi connectivity index (χ0n) is 10.9. The lowest BCUT2D eigenvalue weighted by molar-refractivity contribution is -0.136. The van der Waals surface area contributed by atoms with Gasteiger partial charge in [-0.05, 0) is 20.8 Å². The van der Waals surface area contributed by atoms with Crippen LogP contribution in [0.4, 0.5) is 9.59 Å². The molecule has 104 valence electrons. The molecule has 0 bridgehead atoms. The Morgan fingerprint density at radius 2 is 2.00 bits per heavy atom. The molecule has 0 aliphatic rings. The molecule has 0 aliphatic carbocycles. The predicted molar refractivity (Wildman–Crippen MR) is 63.3 cm³/mol. The number of carbonyl (C=O) groups is 3. The zero-order chi connectivity index (χ0) is 14.5. The highest BCUT2D eigenvalue weighted by molar-refractivity contribution is 5.88. The first kappa shape index (κ1) is 14.7. The summed E-state index contributed by atoms with van der Waals surface area (Å²) < 4.78 is 10.3. The monoisotopic (exact) mass is 269 g/mol. The molecule has 1 rings (SSSR count). The number of nitrogens with zero attached hydrogens (tertiary/aromatic N) is 2. The van der Waals surface area contributed by atoms with Gasteiger partial charge in [-0.25, -0.2) is 23.9 Å². The average molecular weight is 269 g/mol. The number of amides is 1. The highest BCUT2D eigenvalue weighted by Gasteiger charge is 2.18. The molecule has 19 heavy (non-hydrogen) atoms. The Morgan fingerprint density at radius 1 is 1.32 bits per heavy atom. The second kappa shape index (κ2) is 5.98. The van der Waals surface area contributed by atoms with Crippen molar-refractivity contribution >= 4 is 18.2 Å². The van der Waals surface area contributed by atoms with Crippen LogP contribution in [0.5, 0.6) is 0 Å². The molecule has 1 aromatic rings. The van der Waals surface area contributed by atoms with Crippen molar-refractivity contribution in [2.45, 2.75) is 26.4 Å². The molecule has 8 heteroatoms. The van der Waals surface area contributed by atoms with Crippen LogP contribution in [0.2, 0.25) is 0 Å². The fraction of sp³-hybridized carbons (Fsp3) is 0.455. The highest BCUT2D eigenvalue weighted by Crippen LogP contribution is 2.06. The largest absolute Gasteiger partial charge is 0.444 e. The second-order valence-electron chi connectivity index (χ2n) is 4.57. The van der Waals surface area contributed by atoms with E-state index in [2.05, 4.69) is 15.0 Å². The molecule has 1 heterocycles. The van der Waals surface area contributed by atoms with Gasteiger partial charge in [-0.15, -0.1) is 0 Å². The van der Waals surface area contributed by atoms with Gasteiger partial charge in [-0.2, -0.15) is 0 Å². The van der Waals surface area contributed by atoms with Crippen molar-refractivity contribution in [3.05, 3.63) is 18.7 Å². The minimum absolute atomic E-state index is 0.463. The number of esters is 1. The highest BCUT2D eigenvalue weighted by atomic mass is 16.6. The Labute approximate surface area is 109 Å². The van der Waals surface area contributed by atoms with Crippen molar-refractivity contribution in [3.8, 4) is 0 Å². The van der Waals surface area contributed by atoms with E-state index in [9.17, 15) is 14.4 Å². The fourth-order valence-corrected chi connectivity index (χ4v) is 1.01. The Hall–Kier alpha value is -2.38. The molecule has 0 saturated carbocycles. The Balaban J connectivity index is 2.32. The van der Waals surface area contributed by atoms with Gasteiger partial charge in [0.25, 0.3) is 0 Å². The third-order valence-corrected chi connectivity index (χ3v) is 1.69. The maximum absolute atomic E-state index is 11.3. The van der Waals surface area contributed by atoms with Gasteiger partial charge in [0, 0.05) is 12.4 Å². The summed E-state index contributed by atoms with van der Waals surface area (Å²) in [5.41, 5.74) is -0.666. The minimum atomic E-state index is -0.899. The number of imidazole rings is 1. The van der Waals surface area contributed by atoms with Crippen LogP contribution < -0.4 is 5.32 Å². The minimum Gasteiger partial charge on any atom is -0.444 e. The van der Waals surface area contributed by atoms with Crippen molar-refractivity contribution in [2.24, 2.45) is 0 Å². The summed E-state index contributed by atoms with van der Waals surface area (Å²) in [5, 5.41) is 2.18. The molecule has 0 atom stereocenters. The first-order chi connectivity index (χ1) is 8.78. The Kier molecular flexibility index (Phi) is 4.62. The molecule has 1 amide bonds. The third-order valence-electron chi connectivity index (χ3n) is 1.69. The van der Waals surface area contributed by atoms with Crippen molar-refractivity contribution < 1.29 is 23.9 Å². The molecule has 8 nitrogen and oxygen atoms in total. The van der Waals surface area contributed by atoms with Crippen LogP contribution in [0.15, 0.2) is 18.7 Å². The van der Waals surface area contributed by atoms with E-state index < -0.39 is 30.3 Å². The number of carbonyl (C=O) groups excluding carboxylic acids is 3. The number of ether oxygens (including phenoxy) is 2. The number of hydrogen-bond donors (Lipinski definition) is 1. The van der Waals surface area contributed by atoms with Gasteiger partial charge < -0.3 is 14.8 Å². The van der Waals surface area contributed by atoms with E-state index in [-0.39, 0.29) is 0 Å². The van der Waals surface area contributed by atoms with Crippen LogP contribution in [0, 0.1) is 0 Å². The summed E-state index contributed by atoms with van der Waals surface area (Å²) in [4.78, 5) is 37.5. The van der Waals surface area contributed by atoms with Crippen LogP contribution in [0.3, 0.4) is 0 Å². The quantitative estimate of drug-likeness (QED) is 0.633. The number of rotatable bonds is 2. The average Bonchev–Trinajstić information content (AvgIpc) is 2.77. The van der Waals surface area contributed by atoms with Gasteiger partial charge in [-0.3, -0.25) is 0 Å². The summed E-state index contributed by atoms with van der Waals surface area (Å²) in [5.74, 6) is -0.899. The van der Waals surface area contributed by atoms with Crippen molar-refractivity contribution in [3.63, 3.8) is 0 Å². The molecular formula is C11H15N3O5. The molecule has 0 saturated heterocycles. The van der Waals surface area contributed by atoms with Crippen LogP contribution >= 0.6 is 0 Å². The van der Waals surface area contributed by atoms with Gasteiger partial charge in [0.15, 0.2) is 0 Å². The molecule has 0 aromatic carbocycles. The van der Waals surface area contributed by atoms with E-state index in [1.165, 1.54) is 18.7 Å². The SMILES string of the molecule is CC(C)(C)OC(=O)NCC(=O)OC(=O)n1ccnc1. The van der Waals surface area contributed by atoms with E-state index in [1.807, 2.05) is 0 Å². The lowest BCUT2D eigenvalue weighted by Crippen LogP contribution is -2.36. The summed E-state index contributed by atoms with van der Waals surface area (Å²) in [7, 11) is 0. The molecule has 0 unspecified atom stereocenters. The first-order valence-corrected chi connectivity index (χ1v) is 5.48. The van der Waals surface area contributed by atoms with Gasteiger partial charge in [-0.1, -0.05) is 0 Å². The van der Waals surface area contributed by atoms with E-state index >= 15 is 0 Å². The maximum Gasteiger partial charge on any atom is 0.427 e. The lowest BCUT2D eigenvalue weighted by Gasteiger charge is -2.19.